The standard InChI is InChI=1S/C14H23NO4/c1-14(2,13-5-3-4-6-15-13)19-12-11-18-10-9-17-8-7-16/h3-6,16H,7-12H2,1-2H3. The molecule has 0 aliphatic rings. The molecule has 0 radical (unpaired) electrons. The molecule has 0 unspecified atom stereocenters. The summed E-state index contributed by atoms with van der Waals surface area (Å²) < 4.78 is 16.2. The number of aliphatic hydroxyl groups is 1. The third kappa shape index (κ3) is 6.63. The Morgan fingerprint density at radius 2 is 1.74 bits per heavy atom. The summed E-state index contributed by atoms with van der Waals surface area (Å²) in [5, 5.41) is 8.51. The fourth-order valence-electron chi connectivity index (χ4n) is 1.54. The Balaban J connectivity index is 2.12. The highest BCUT2D eigenvalue weighted by molar-refractivity contribution is 5.10. The zero-order chi connectivity index (χ0) is 14.0. The maximum Gasteiger partial charge on any atom is 0.104 e. The molecule has 0 saturated carbocycles. The first kappa shape index (κ1) is 16.0. The summed E-state index contributed by atoms with van der Waals surface area (Å²) in [6.07, 6.45) is 1.76. The number of nitrogens with zero attached hydrogens (tertiary/aromatic N) is 1. The second kappa shape index (κ2) is 8.98. The van der Waals surface area contributed by atoms with E-state index < -0.39 is 5.60 Å². The summed E-state index contributed by atoms with van der Waals surface area (Å²) in [4.78, 5) is 4.29. The van der Waals surface area contributed by atoms with Crippen molar-refractivity contribution in [2.45, 2.75) is 19.4 Å². The molecule has 0 atom stereocenters. The third-order valence-electron chi connectivity index (χ3n) is 2.58. The maximum absolute atomic E-state index is 8.51. The van der Waals surface area contributed by atoms with Crippen molar-refractivity contribution in [3.63, 3.8) is 0 Å². The maximum atomic E-state index is 8.51. The van der Waals surface area contributed by atoms with Crippen LogP contribution in [0.15, 0.2) is 24.4 Å². The van der Waals surface area contributed by atoms with Crippen LogP contribution in [0.4, 0.5) is 0 Å². The largest absolute Gasteiger partial charge is 0.394 e. The van der Waals surface area contributed by atoms with E-state index in [9.17, 15) is 0 Å². The van der Waals surface area contributed by atoms with E-state index in [4.69, 9.17) is 19.3 Å². The molecule has 1 rings (SSSR count). The van der Waals surface area contributed by atoms with E-state index in [0.717, 1.165) is 5.69 Å². The molecule has 0 saturated heterocycles. The molecule has 5 nitrogen and oxygen atoms in total. The number of pyridine rings is 1. The predicted molar refractivity (Wildman–Crippen MR) is 71.9 cm³/mol. The van der Waals surface area contributed by atoms with Crippen LogP contribution in [-0.4, -0.2) is 49.7 Å². The van der Waals surface area contributed by atoms with Crippen LogP contribution in [0.5, 0.6) is 0 Å². The second-order valence-electron chi connectivity index (χ2n) is 4.52. The van der Waals surface area contributed by atoms with Gasteiger partial charge in [0.1, 0.15) is 5.60 Å². The molecule has 0 aliphatic heterocycles. The van der Waals surface area contributed by atoms with Crippen LogP contribution in [0.25, 0.3) is 0 Å². The topological polar surface area (TPSA) is 60.8 Å². The Morgan fingerprint density at radius 3 is 2.37 bits per heavy atom. The van der Waals surface area contributed by atoms with Crippen molar-refractivity contribution < 1.29 is 19.3 Å². The molecule has 108 valence electrons. The van der Waals surface area contributed by atoms with Gasteiger partial charge in [0.05, 0.1) is 45.3 Å². The van der Waals surface area contributed by atoms with Crippen molar-refractivity contribution in [1.29, 1.82) is 0 Å². The summed E-state index contributed by atoms with van der Waals surface area (Å²) in [5.41, 5.74) is 0.485. The molecular formula is C14H23NO4. The van der Waals surface area contributed by atoms with Crippen molar-refractivity contribution in [2.75, 3.05) is 39.6 Å². The molecule has 1 aromatic rings. The van der Waals surface area contributed by atoms with Crippen LogP contribution in [0.1, 0.15) is 19.5 Å². The van der Waals surface area contributed by atoms with Gasteiger partial charge in [0.25, 0.3) is 0 Å². The number of hydrogen-bond acceptors (Lipinski definition) is 5. The Morgan fingerprint density at radius 1 is 1.05 bits per heavy atom. The average Bonchev–Trinajstić information content (AvgIpc) is 2.43. The van der Waals surface area contributed by atoms with Gasteiger partial charge in [-0.25, -0.2) is 0 Å². The summed E-state index contributed by atoms with van der Waals surface area (Å²) >= 11 is 0. The summed E-state index contributed by atoms with van der Waals surface area (Å²) in [6, 6.07) is 5.78. The lowest BCUT2D eigenvalue weighted by atomic mass is 10.0. The van der Waals surface area contributed by atoms with E-state index >= 15 is 0 Å². The van der Waals surface area contributed by atoms with Gasteiger partial charge in [-0.3, -0.25) is 4.98 Å². The monoisotopic (exact) mass is 269 g/mol. The SMILES string of the molecule is CC(C)(OCCOCCOCCO)c1ccccn1. The fraction of sp³-hybridized carbons (Fsp3) is 0.643. The van der Waals surface area contributed by atoms with E-state index in [-0.39, 0.29) is 6.61 Å². The van der Waals surface area contributed by atoms with Crippen LogP contribution in [0, 0.1) is 0 Å². The van der Waals surface area contributed by atoms with Crippen molar-refractivity contribution in [1.82, 2.24) is 4.98 Å². The van der Waals surface area contributed by atoms with Gasteiger partial charge >= 0.3 is 0 Å². The smallest absolute Gasteiger partial charge is 0.104 e. The normalized spacial score (nSPS) is 11.7. The lowest BCUT2D eigenvalue weighted by Gasteiger charge is -2.24. The van der Waals surface area contributed by atoms with Crippen LogP contribution in [0.2, 0.25) is 0 Å². The van der Waals surface area contributed by atoms with Gasteiger partial charge in [0.2, 0.25) is 0 Å². The Bertz CT molecular complexity index is 329. The zero-order valence-corrected chi connectivity index (χ0v) is 11.7. The number of ether oxygens (including phenoxy) is 3. The molecule has 19 heavy (non-hydrogen) atoms. The Hall–Kier alpha value is -1.01. The minimum Gasteiger partial charge on any atom is -0.394 e. The van der Waals surface area contributed by atoms with Crippen molar-refractivity contribution in [3.8, 4) is 0 Å². The first-order chi connectivity index (χ1) is 9.17. The van der Waals surface area contributed by atoms with E-state index in [1.165, 1.54) is 0 Å². The molecule has 0 bridgehead atoms. The van der Waals surface area contributed by atoms with Gasteiger partial charge in [0.15, 0.2) is 0 Å². The van der Waals surface area contributed by atoms with Gasteiger partial charge < -0.3 is 19.3 Å². The van der Waals surface area contributed by atoms with Crippen molar-refractivity contribution in [2.24, 2.45) is 0 Å². The first-order valence-electron chi connectivity index (χ1n) is 6.48. The van der Waals surface area contributed by atoms with Gasteiger partial charge in [-0.1, -0.05) is 6.07 Å². The number of hydrogen-bond donors (Lipinski definition) is 1. The first-order valence-corrected chi connectivity index (χ1v) is 6.48. The lowest BCUT2D eigenvalue weighted by molar-refractivity contribution is -0.0583. The molecule has 0 aromatic carbocycles. The highest BCUT2D eigenvalue weighted by Gasteiger charge is 2.21. The van der Waals surface area contributed by atoms with Crippen LogP contribution in [-0.2, 0) is 19.8 Å². The fourth-order valence-corrected chi connectivity index (χ4v) is 1.54. The second-order valence-corrected chi connectivity index (χ2v) is 4.52. The van der Waals surface area contributed by atoms with Crippen LogP contribution >= 0.6 is 0 Å². The third-order valence-corrected chi connectivity index (χ3v) is 2.58. The van der Waals surface area contributed by atoms with E-state index in [0.29, 0.717) is 33.0 Å². The highest BCUT2D eigenvalue weighted by atomic mass is 16.6. The summed E-state index contributed by atoms with van der Waals surface area (Å²) in [7, 11) is 0. The molecule has 0 fully saturated rings. The van der Waals surface area contributed by atoms with Crippen molar-refractivity contribution >= 4 is 0 Å². The van der Waals surface area contributed by atoms with Crippen molar-refractivity contribution in [3.05, 3.63) is 30.1 Å². The minimum absolute atomic E-state index is 0.0430. The minimum atomic E-state index is -0.419. The van der Waals surface area contributed by atoms with Gasteiger partial charge in [-0.2, -0.15) is 0 Å². The predicted octanol–water partition coefficient (Wildman–Crippen LogP) is 1.36. The zero-order valence-electron chi connectivity index (χ0n) is 11.7. The number of rotatable bonds is 10. The molecule has 5 heteroatoms. The van der Waals surface area contributed by atoms with Crippen LogP contribution in [0.3, 0.4) is 0 Å². The van der Waals surface area contributed by atoms with Gasteiger partial charge in [0, 0.05) is 6.20 Å². The quantitative estimate of drug-likeness (QED) is 0.650. The Kier molecular flexibility index (Phi) is 7.59. The van der Waals surface area contributed by atoms with Gasteiger partial charge in [-0.15, -0.1) is 0 Å². The molecule has 0 aliphatic carbocycles. The molecule has 1 aromatic heterocycles. The Labute approximate surface area is 114 Å². The van der Waals surface area contributed by atoms with E-state index in [1.54, 1.807) is 6.20 Å². The van der Waals surface area contributed by atoms with E-state index in [2.05, 4.69) is 4.98 Å². The molecule has 1 N–H and O–H groups in total. The molecular weight excluding hydrogens is 246 g/mol. The molecule has 0 spiro atoms. The molecule has 0 amide bonds. The molecule has 1 heterocycles. The summed E-state index contributed by atoms with van der Waals surface area (Å²) in [6.45, 7) is 6.38. The van der Waals surface area contributed by atoms with Gasteiger partial charge in [-0.05, 0) is 26.0 Å². The lowest BCUT2D eigenvalue weighted by Crippen LogP contribution is -2.25. The number of aromatic nitrogens is 1. The highest BCUT2D eigenvalue weighted by Crippen LogP contribution is 2.21. The summed E-state index contributed by atoms with van der Waals surface area (Å²) in [5.74, 6) is 0. The average molecular weight is 269 g/mol. The van der Waals surface area contributed by atoms with Crippen LogP contribution < -0.4 is 0 Å². The van der Waals surface area contributed by atoms with E-state index in [1.807, 2.05) is 32.0 Å². The number of aliphatic hydroxyl groups excluding tert-OH is 1.